The number of thioether (sulfide) groups is 1. The fourth-order valence-electron chi connectivity index (χ4n) is 2.57. The Morgan fingerprint density at radius 1 is 1.46 bits per heavy atom. The van der Waals surface area contributed by atoms with Crippen LogP contribution >= 0.6 is 11.8 Å². The summed E-state index contributed by atoms with van der Waals surface area (Å²) in [6.07, 6.45) is 5.96. The minimum atomic E-state index is -0.358. The van der Waals surface area contributed by atoms with Gasteiger partial charge in [0.15, 0.2) is 0 Å². The Morgan fingerprint density at radius 3 is 3.12 bits per heavy atom. The van der Waals surface area contributed by atoms with Gasteiger partial charge in [0.05, 0.1) is 6.54 Å². The SMILES string of the molecule is CC1=CC2=NC(C(=O)NCCSCc3ccccc3F)CN2C=C1. The summed E-state index contributed by atoms with van der Waals surface area (Å²) in [7, 11) is 0. The third-order valence-electron chi connectivity index (χ3n) is 3.89. The second kappa shape index (κ2) is 7.66. The Labute approximate surface area is 145 Å². The molecule has 0 spiro atoms. The van der Waals surface area contributed by atoms with Crippen LogP contribution in [0.3, 0.4) is 0 Å². The molecule has 3 rings (SSSR count). The van der Waals surface area contributed by atoms with Crippen LogP contribution < -0.4 is 5.32 Å². The Bertz CT molecular complexity index is 714. The molecule has 2 aliphatic heterocycles. The van der Waals surface area contributed by atoms with Crippen molar-refractivity contribution in [3.8, 4) is 0 Å². The number of rotatable bonds is 6. The maximum absolute atomic E-state index is 13.5. The fraction of sp³-hybridized carbons (Fsp3) is 0.333. The van der Waals surface area contributed by atoms with Gasteiger partial charge in [-0.05, 0) is 36.3 Å². The maximum Gasteiger partial charge on any atom is 0.246 e. The number of hydrogen-bond donors (Lipinski definition) is 1. The van der Waals surface area contributed by atoms with Crippen LogP contribution in [0, 0.1) is 5.82 Å². The lowest BCUT2D eigenvalue weighted by atomic mass is 10.2. The number of fused-ring (bicyclic) bond motifs is 1. The first-order chi connectivity index (χ1) is 11.6. The van der Waals surface area contributed by atoms with Crippen LogP contribution in [0.15, 0.2) is 53.2 Å². The molecule has 0 saturated heterocycles. The Morgan fingerprint density at radius 2 is 2.29 bits per heavy atom. The number of carbonyl (C=O) groups is 1. The zero-order chi connectivity index (χ0) is 16.9. The Hall–Kier alpha value is -2.08. The third kappa shape index (κ3) is 4.06. The van der Waals surface area contributed by atoms with E-state index >= 15 is 0 Å². The molecular weight excluding hydrogens is 325 g/mol. The Balaban J connectivity index is 1.39. The highest BCUT2D eigenvalue weighted by Gasteiger charge is 2.28. The van der Waals surface area contributed by atoms with Crippen molar-refractivity contribution in [1.82, 2.24) is 10.2 Å². The van der Waals surface area contributed by atoms with Crippen LogP contribution in [0.2, 0.25) is 0 Å². The van der Waals surface area contributed by atoms with Gasteiger partial charge in [0, 0.05) is 24.3 Å². The molecule has 0 aliphatic carbocycles. The van der Waals surface area contributed by atoms with Crippen LogP contribution in [-0.2, 0) is 10.5 Å². The number of carbonyl (C=O) groups excluding carboxylic acids is 1. The van der Waals surface area contributed by atoms with Gasteiger partial charge in [-0.2, -0.15) is 11.8 Å². The number of aliphatic imine (C=N–C) groups is 1. The molecule has 2 aliphatic rings. The van der Waals surface area contributed by atoms with Crippen molar-refractivity contribution in [3.05, 3.63) is 59.6 Å². The van der Waals surface area contributed by atoms with Crippen molar-refractivity contribution < 1.29 is 9.18 Å². The lowest BCUT2D eigenvalue weighted by Crippen LogP contribution is -2.37. The van der Waals surface area contributed by atoms with Crippen molar-refractivity contribution in [3.63, 3.8) is 0 Å². The highest BCUT2D eigenvalue weighted by Crippen LogP contribution is 2.17. The lowest BCUT2D eigenvalue weighted by Gasteiger charge is -2.17. The van der Waals surface area contributed by atoms with Crippen molar-refractivity contribution in [1.29, 1.82) is 0 Å². The zero-order valence-corrected chi connectivity index (χ0v) is 14.4. The molecule has 6 heteroatoms. The zero-order valence-electron chi connectivity index (χ0n) is 13.5. The average molecular weight is 345 g/mol. The second-order valence-electron chi connectivity index (χ2n) is 5.79. The van der Waals surface area contributed by atoms with E-state index in [0.717, 1.165) is 17.2 Å². The van der Waals surface area contributed by atoms with Crippen LogP contribution in [0.4, 0.5) is 4.39 Å². The third-order valence-corrected chi connectivity index (χ3v) is 4.90. The van der Waals surface area contributed by atoms with Gasteiger partial charge >= 0.3 is 0 Å². The minimum Gasteiger partial charge on any atom is -0.353 e. The molecule has 1 unspecified atom stereocenters. The molecule has 1 N–H and O–H groups in total. The van der Waals surface area contributed by atoms with Gasteiger partial charge in [-0.15, -0.1) is 0 Å². The highest BCUT2D eigenvalue weighted by atomic mass is 32.2. The molecule has 0 radical (unpaired) electrons. The molecule has 126 valence electrons. The normalized spacial score (nSPS) is 18.9. The molecule has 2 heterocycles. The summed E-state index contributed by atoms with van der Waals surface area (Å²) in [6, 6.07) is 6.42. The molecular formula is C18H20FN3OS. The molecule has 1 aromatic rings. The van der Waals surface area contributed by atoms with Gasteiger partial charge < -0.3 is 10.2 Å². The quantitative estimate of drug-likeness (QED) is 0.807. The van der Waals surface area contributed by atoms with E-state index < -0.39 is 0 Å². The average Bonchev–Trinajstić information content (AvgIpc) is 2.99. The number of benzene rings is 1. The van der Waals surface area contributed by atoms with E-state index in [2.05, 4.69) is 10.3 Å². The monoisotopic (exact) mass is 345 g/mol. The summed E-state index contributed by atoms with van der Waals surface area (Å²) in [5, 5.41) is 2.91. The number of halogens is 1. The van der Waals surface area contributed by atoms with E-state index in [9.17, 15) is 9.18 Å². The van der Waals surface area contributed by atoms with Crippen LogP contribution in [0.25, 0.3) is 0 Å². The lowest BCUT2D eigenvalue weighted by molar-refractivity contribution is -0.122. The molecule has 1 amide bonds. The number of nitrogens with one attached hydrogen (secondary N) is 1. The van der Waals surface area contributed by atoms with E-state index in [1.54, 1.807) is 23.9 Å². The summed E-state index contributed by atoms with van der Waals surface area (Å²) in [6.45, 7) is 3.16. The molecule has 0 saturated carbocycles. The number of allylic oxidation sites excluding steroid dienone is 2. The molecule has 1 aromatic carbocycles. The number of nitrogens with zero attached hydrogens (tertiary/aromatic N) is 2. The number of hydrogen-bond acceptors (Lipinski definition) is 4. The minimum absolute atomic E-state index is 0.0529. The number of amidine groups is 1. The fourth-order valence-corrected chi connectivity index (χ4v) is 3.42. The summed E-state index contributed by atoms with van der Waals surface area (Å²) >= 11 is 1.60. The van der Waals surface area contributed by atoms with Crippen molar-refractivity contribution in [2.24, 2.45) is 4.99 Å². The summed E-state index contributed by atoms with van der Waals surface area (Å²) in [5.41, 5.74) is 1.83. The topological polar surface area (TPSA) is 44.7 Å². The van der Waals surface area contributed by atoms with E-state index in [4.69, 9.17) is 0 Å². The molecule has 0 aromatic heterocycles. The smallest absolute Gasteiger partial charge is 0.246 e. The van der Waals surface area contributed by atoms with Crippen molar-refractivity contribution in [2.75, 3.05) is 18.8 Å². The Kier molecular flexibility index (Phi) is 5.35. The van der Waals surface area contributed by atoms with Crippen LogP contribution in [0.5, 0.6) is 0 Å². The van der Waals surface area contributed by atoms with Gasteiger partial charge in [-0.3, -0.25) is 9.79 Å². The summed E-state index contributed by atoms with van der Waals surface area (Å²) < 4.78 is 13.5. The summed E-state index contributed by atoms with van der Waals surface area (Å²) in [5.74, 6) is 1.97. The van der Waals surface area contributed by atoms with Crippen molar-refractivity contribution >= 4 is 23.5 Å². The predicted octanol–water partition coefficient (Wildman–Crippen LogP) is 2.73. The van der Waals surface area contributed by atoms with Gasteiger partial charge in [-0.1, -0.05) is 18.2 Å². The first-order valence-corrected chi connectivity index (χ1v) is 9.09. The second-order valence-corrected chi connectivity index (χ2v) is 6.90. The molecule has 1 atom stereocenters. The van der Waals surface area contributed by atoms with E-state index in [-0.39, 0.29) is 17.8 Å². The van der Waals surface area contributed by atoms with E-state index in [1.165, 1.54) is 6.07 Å². The molecule has 4 nitrogen and oxygen atoms in total. The van der Waals surface area contributed by atoms with Gasteiger partial charge in [-0.25, -0.2) is 4.39 Å². The summed E-state index contributed by atoms with van der Waals surface area (Å²) in [4.78, 5) is 18.7. The van der Waals surface area contributed by atoms with Crippen molar-refractivity contribution in [2.45, 2.75) is 18.7 Å². The van der Waals surface area contributed by atoms with E-state index in [1.807, 2.05) is 36.2 Å². The van der Waals surface area contributed by atoms with E-state index in [0.29, 0.717) is 24.4 Å². The first kappa shape index (κ1) is 16.8. The maximum atomic E-state index is 13.5. The molecule has 0 bridgehead atoms. The molecule has 0 fully saturated rings. The van der Waals surface area contributed by atoms with Crippen LogP contribution in [-0.4, -0.2) is 41.5 Å². The molecule has 24 heavy (non-hydrogen) atoms. The standard InChI is InChI=1S/C18H20FN3OS/c1-13-6-8-22-11-16(21-17(22)10-13)18(23)20-7-9-24-12-14-4-2-3-5-15(14)19/h2-6,8,10,16H,7,9,11-12H2,1H3,(H,20,23). The first-order valence-electron chi connectivity index (χ1n) is 7.93. The highest BCUT2D eigenvalue weighted by molar-refractivity contribution is 7.98. The van der Waals surface area contributed by atoms with Gasteiger partial charge in [0.1, 0.15) is 17.7 Å². The van der Waals surface area contributed by atoms with Crippen LogP contribution in [0.1, 0.15) is 12.5 Å². The van der Waals surface area contributed by atoms with Gasteiger partial charge in [0.25, 0.3) is 0 Å². The number of amides is 1. The predicted molar refractivity (Wildman–Crippen MR) is 96.4 cm³/mol. The largest absolute Gasteiger partial charge is 0.353 e. The van der Waals surface area contributed by atoms with Gasteiger partial charge in [0.2, 0.25) is 5.91 Å².